The average molecular weight is 321 g/mol. The third-order valence-corrected chi connectivity index (χ3v) is 3.33. The van der Waals surface area contributed by atoms with E-state index in [4.69, 9.17) is 9.47 Å². The van der Waals surface area contributed by atoms with Crippen molar-refractivity contribution in [1.82, 2.24) is 0 Å². The summed E-state index contributed by atoms with van der Waals surface area (Å²) in [5.74, 6) is -1.35. The second-order valence-corrected chi connectivity index (χ2v) is 4.98. The Morgan fingerprint density at radius 2 is 1.83 bits per heavy atom. The number of rotatable bonds is 7. The van der Waals surface area contributed by atoms with Crippen LogP contribution >= 0.6 is 0 Å². The first-order valence-corrected chi connectivity index (χ1v) is 7.62. The number of amides is 1. The molecule has 0 spiro atoms. The van der Waals surface area contributed by atoms with Crippen molar-refractivity contribution in [3.05, 3.63) is 35.9 Å². The molecule has 0 bridgehead atoms. The first kappa shape index (κ1) is 18.8. The SMILES string of the molecule is CCOC(=O)[C@@H](O)[C@H](C)/C(CC)=N/C(=O)OCc1ccccc1. The van der Waals surface area contributed by atoms with Crippen LogP contribution in [-0.2, 0) is 20.9 Å². The Balaban J connectivity index is 2.65. The molecule has 6 heteroatoms. The van der Waals surface area contributed by atoms with Crippen molar-refractivity contribution in [1.29, 1.82) is 0 Å². The summed E-state index contributed by atoms with van der Waals surface area (Å²) in [6.45, 7) is 5.37. The van der Waals surface area contributed by atoms with Gasteiger partial charge in [0.25, 0.3) is 0 Å². The van der Waals surface area contributed by atoms with Crippen LogP contribution in [0.15, 0.2) is 35.3 Å². The van der Waals surface area contributed by atoms with Gasteiger partial charge in [0.15, 0.2) is 6.10 Å². The lowest BCUT2D eigenvalue weighted by atomic mass is 9.97. The zero-order valence-electron chi connectivity index (χ0n) is 13.7. The molecule has 1 aromatic rings. The number of aliphatic imine (C=N–C) groups is 1. The predicted molar refractivity (Wildman–Crippen MR) is 86.2 cm³/mol. The number of hydrogen-bond acceptors (Lipinski definition) is 5. The van der Waals surface area contributed by atoms with Gasteiger partial charge in [-0.15, -0.1) is 0 Å². The Morgan fingerprint density at radius 3 is 2.39 bits per heavy atom. The fraction of sp³-hybridized carbons (Fsp3) is 0.471. The summed E-state index contributed by atoms with van der Waals surface area (Å²) in [5, 5.41) is 9.93. The molecule has 0 aliphatic rings. The van der Waals surface area contributed by atoms with E-state index in [0.717, 1.165) is 5.56 Å². The molecule has 1 amide bonds. The van der Waals surface area contributed by atoms with Crippen molar-refractivity contribution in [2.24, 2.45) is 10.9 Å². The highest BCUT2D eigenvalue weighted by Crippen LogP contribution is 2.12. The van der Waals surface area contributed by atoms with Crippen molar-refractivity contribution >= 4 is 17.8 Å². The maximum Gasteiger partial charge on any atom is 0.433 e. The highest BCUT2D eigenvalue weighted by atomic mass is 16.5. The number of ether oxygens (including phenoxy) is 2. The van der Waals surface area contributed by atoms with Crippen molar-refractivity contribution < 1.29 is 24.2 Å². The molecule has 126 valence electrons. The van der Waals surface area contributed by atoms with Crippen molar-refractivity contribution in [3.8, 4) is 0 Å². The molecule has 2 atom stereocenters. The third kappa shape index (κ3) is 6.20. The van der Waals surface area contributed by atoms with Crippen LogP contribution in [0.2, 0.25) is 0 Å². The Morgan fingerprint density at radius 1 is 1.17 bits per heavy atom. The molecule has 0 radical (unpaired) electrons. The van der Waals surface area contributed by atoms with Crippen LogP contribution in [-0.4, -0.2) is 35.6 Å². The lowest BCUT2D eigenvalue weighted by Crippen LogP contribution is -2.34. The predicted octanol–water partition coefficient (Wildman–Crippen LogP) is 2.73. The van der Waals surface area contributed by atoms with Gasteiger partial charge in [-0.2, -0.15) is 4.99 Å². The van der Waals surface area contributed by atoms with Crippen LogP contribution < -0.4 is 0 Å². The molecule has 0 fully saturated rings. The summed E-state index contributed by atoms with van der Waals surface area (Å²) in [6, 6.07) is 9.25. The number of aliphatic hydroxyl groups is 1. The Hall–Kier alpha value is -2.21. The molecule has 23 heavy (non-hydrogen) atoms. The summed E-state index contributed by atoms with van der Waals surface area (Å²) >= 11 is 0. The fourth-order valence-electron chi connectivity index (χ4n) is 1.99. The quantitative estimate of drug-likeness (QED) is 0.616. The summed E-state index contributed by atoms with van der Waals surface area (Å²) in [7, 11) is 0. The molecular weight excluding hydrogens is 298 g/mol. The smallest absolute Gasteiger partial charge is 0.433 e. The zero-order chi connectivity index (χ0) is 17.2. The first-order chi connectivity index (χ1) is 11.0. The van der Waals surface area contributed by atoms with E-state index in [1.165, 1.54) is 0 Å². The van der Waals surface area contributed by atoms with Crippen LogP contribution in [0.1, 0.15) is 32.8 Å². The molecule has 0 aromatic heterocycles. The highest BCUT2D eigenvalue weighted by molar-refractivity contribution is 5.97. The summed E-state index contributed by atoms with van der Waals surface area (Å²) in [4.78, 5) is 27.2. The zero-order valence-corrected chi connectivity index (χ0v) is 13.7. The largest absolute Gasteiger partial charge is 0.464 e. The topological polar surface area (TPSA) is 85.2 Å². The van der Waals surface area contributed by atoms with E-state index < -0.39 is 24.1 Å². The van der Waals surface area contributed by atoms with Crippen molar-refractivity contribution in [2.45, 2.75) is 39.9 Å². The number of benzene rings is 1. The number of esters is 1. The molecule has 1 rings (SSSR count). The molecule has 0 saturated carbocycles. The van der Waals surface area contributed by atoms with Gasteiger partial charge in [0.05, 0.1) is 6.61 Å². The Labute approximate surface area is 136 Å². The maximum absolute atomic E-state index is 11.8. The van der Waals surface area contributed by atoms with Gasteiger partial charge in [-0.3, -0.25) is 0 Å². The summed E-state index contributed by atoms with van der Waals surface area (Å²) in [6.07, 6.45) is -1.68. The van der Waals surface area contributed by atoms with Gasteiger partial charge in [-0.05, 0) is 18.9 Å². The van der Waals surface area contributed by atoms with Crippen molar-refractivity contribution in [2.75, 3.05) is 6.61 Å². The molecular formula is C17H23NO5. The Bertz CT molecular complexity index is 541. The molecule has 0 unspecified atom stereocenters. The fourth-order valence-corrected chi connectivity index (χ4v) is 1.99. The van der Waals surface area contributed by atoms with Gasteiger partial charge in [0.1, 0.15) is 6.61 Å². The van der Waals surface area contributed by atoms with Gasteiger partial charge in [-0.25, -0.2) is 9.59 Å². The maximum atomic E-state index is 11.8. The number of hydrogen-bond donors (Lipinski definition) is 1. The van der Waals surface area contributed by atoms with E-state index in [-0.39, 0.29) is 13.2 Å². The van der Waals surface area contributed by atoms with Gasteiger partial charge in [0, 0.05) is 11.6 Å². The number of nitrogens with zero attached hydrogens (tertiary/aromatic N) is 1. The van der Waals surface area contributed by atoms with Gasteiger partial charge < -0.3 is 14.6 Å². The van der Waals surface area contributed by atoms with Crippen LogP contribution in [0, 0.1) is 5.92 Å². The van der Waals surface area contributed by atoms with Crippen LogP contribution in [0.4, 0.5) is 4.79 Å². The monoisotopic (exact) mass is 321 g/mol. The standard InChI is InChI=1S/C17H23NO5/c1-4-14(12(3)15(19)16(20)22-5-2)18-17(21)23-11-13-9-7-6-8-10-13/h6-10,12,15,19H,4-5,11H2,1-3H3/b18-14+/t12-,15+/m1/s1. The molecule has 6 nitrogen and oxygen atoms in total. The molecule has 1 aromatic carbocycles. The lowest BCUT2D eigenvalue weighted by Gasteiger charge is -2.18. The third-order valence-electron chi connectivity index (χ3n) is 3.33. The Kier molecular flexibility index (Phi) is 7.97. The van der Waals surface area contributed by atoms with Gasteiger partial charge >= 0.3 is 12.1 Å². The molecule has 0 aliphatic carbocycles. The average Bonchev–Trinajstić information content (AvgIpc) is 2.57. The van der Waals surface area contributed by atoms with Gasteiger partial charge in [0.2, 0.25) is 0 Å². The molecule has 0 saturated heterocycles. The second-order valence-electron chi connectivity index (χ2n) is 4.98. The second kappa shape index (κ2) is 9.74. The van der Waals surface area contributed by atoms with Crippen LogP contribution in [0.25, 0.3) is 0 Å². The van der Waals surface area contributed by atoms with Crippen molar-refractivity contribution in [3.63, 3.8) is 0 Å². The van der Waals surface area contributed by atoms with E-state index in [1.54, 1.807) is 20.8 Å². The molecule has 1 N–H and O–H groups in total. The van der Waals surface area contributed by atoms with Gasteiger partial charge in [-0.1, -0.05) is 44.2 Å². The minimum absolute atomic E-state index is 0.120. The number of carbonyl (C=O) groups excluding carboxylic acids is 2. The lowest BCUT2D eigenvalue weighted by molar-refractivity contribution is -0.154. The van der Waals surface area contributed by atoms with E-state index in [0.29, 0.717) is 12.1 Å². The van der Waals surface area contributed by atoms with Crippen LogP contribution in [0.5, 0.6) is 0 Å². The normalized spacial score (nSPS) is 14.0. The highest BCUT2D eigenvalue weighted by Gasteiger charge is 2.27. The number of aliphatic hydroxyl groups excluding tert-OH is 1. The minimum Gasteiger partial charge on any atom is -0.464 e. The van der Waals surface area contributed by atoms with E-state index in [1.807, 2.05) is 30.3 Å². The van der Waals surface area contributed by atoms with Crippen LogP contribution in [0.3, 0.4) is 0 Å². The number of carbonyl (C=O) groups is 2. The van der Waals surface area contributed by atoms with E-state index in [2.05, 4.69) is 4.99 Å². The first-order valence-electron chi connectivity index (χ1n) is 7.62. The molecule has 0 heterocycles. The molecule has 0 aliphatic heterocycles. The summed E-state index contributed by atoms with van der Waals surface area (Å²) in [5.41, 5.74) is 1.25. The summed E-state index contributed by atoms with van der Waals surface area (Å²) < 4.78 is 9.84. The van der Waals surface area contributed by atoms with E-state index in [9.17, 15) is 14.7 Å². The van der Waals surface area contributed by atoms with E-state index >= 15 is 0 Å². The minimum atomic E-state index is -1.35.